The molecule has 1 heterocycles. The molecule has 0 spiro atoms. The van der Waals surface area contributed by atoms with Crippen LogP contribution in [-0.2, 0) is 6.42 Å². The van der Waals surface area contributed by atoms with Gasteiger partial charge in [0.1, 0.15) is 0 Å². The van der Waals surface area contributed by atoms with Gasteiger partial charge in [-0.05, 0) is 63.7 Å². The Kier molecular flexibility index (Phi) is 3.39. The predicted octanol–water partition coefficient (Wildman–Crippen LogP) is 4.79. The zero-order valence-electron chi connectivity index (χ0n) is 8.13. The van der Waals surface area contributed by atoms with Gasteiger partial charge in [0.2, 0.25) is 0 Å². The quantitative estimate of drug-likeness (QED) is 0.562. The Bertz CT molecular complexity index is 460. The lowest BCUT2D eigenvalue weighted by Gasteiger charge is -2.08. The van der Waals surface area contributed by atoms with Gasteiger partial charge in [0.15, 0.2) is 0 Å². The smallest absolute Gasteiger partial charge is 0.0357 e. The van der Waals surface area contributed by atoms with Crippen LogP contribution < -0.4 is 0 Å². The van der Waals surface area contributed by atoms with Crippen LogP contribution in [0.15, 0.2) is 22.4 Å². The zero-order valence-corrected chi connectivity index (χ0v) is 11.9. The number of aryl methyl sites for hydroxylation is 1. The zero-order chi connectivity index (χ0) is 10.1. The molecule has 1 aromatic carbocycles. The molecule has 0 aliphatic heterocycles. The fourth-order valence-corrected chi connectivity index (χ4v) is 4.58. The minimum atomic E-state index is 1.12. The Hall–Kier alpha value is 0.260. The van der Waals surface area contributed by atoms with E-state index in [1.165, 1.54) is 24.1 Å². The van der Waals surface area contributed by atoms with Crippen LogP contribution in [0.3, 0.4) is 0 Å². The average Bonchev–Trinajstić information content (AvgIpc) is 2.64. The summed E-state index contributed by atoms with van der Waals surface area (Å²) >= 11 is 6.15. The van der Waals surface area contributed by atoms with Crippen LogP contribution in [0.1, 0.15) is 12.5 Å². The van der Waals surface area contributed by atoms with Gasteiger partial charge < -0.3 is 0 Å². The first-order valence-electron chi connectivity index (χ1n) is 4.50. The molecule has 0 fully saturated rings. The number of hydrogen-bond acceptors (Lipinski definition) is 2. The van der Waals surface area contributed by atoms with Crippen molar-refractivity contribution in [1.29, 1.82) is 0 Å². The summed E-state index contributed by atoms with van der Waals surface area (Å²) in [5.74, 6) is 0. The fourth-order valence-electron chi connectivity index (χ4n) is 1.63. The second kappa shape index (κ2) is 4.41. The first-order chi connectivity index (χ1) is 6.77. The van der Waals surface area contributed by atoms with Gasteiger partial charge in [-0.25, -0.2) is 0 Å². The van der Waals surface area contributed by atoms with E-state index < -0.39 is 0 Å². The van der Waals surface area contributed by atoms with Crippen molar-refractivity contribution in [2.75, 3.05) is 6.26 Å². The van der Waals surface area contributed by atoms with Crippen LogP contribution in [0, 0.1) is 3.57 Å². The highest BCUT2D eigenvalue weighted by atomic mass is 127. The van der Waals surface area contributed by atoms with Crippen molar-refractivity contribution >= 4 is 55.8 Å². The number of benzene rings is 1. The molecular weight excluding hydrogens is 323 g/mol. The van der Waals surface area contributed by atoms with E-state index in [0.29, 0.717) is 0 Å². The monoisotopic (exact) mass is 334 g/mol. The molecule has 0 aliphatic carbocycles. The molecule has 74 valence electrons. The number of rotatable bonds is 2. The van der Waals surface area contributed by atoms with Crippen LogP contribution >= 0.6 is 45.7 Å². The molecule has 14 heavy (non-hydrogen) atoms. The van der Waals surface area contributed by atoms with Crippen LogP contribution in [0.25, 0.3) is 10.1 Å². The lowest BCUT2D eigenvalue weighted by Crippen LogP contribution is -1.89. The number of halogens is 1. The van der Waals surface area contributed by atoms with Gasteiger partial charge in [-0.1, -0.05) is 6.92 Å². The summed E-state index contributed by atoms with van der Waals surface area (Å²) in [6.45, 7) is 2.23. The molecule has 2 rings (SSSR count). The van der Waals surface area contributed by atoms with Crippen LogP contribution in [0.2, 0.25) is 0 Å². The topological polar surface area (TPSA) is 0 Å². The lowest BCUT2D eigenvalue weighted by molar-refractivity contribution is 1.13. The Balaban J connectivity index is 2.80. The molecule has 0 unspecified atom stereocenters. The van der Waals surface area contributed by atoms with Crippen molar-refractivity contribution in [2.45, 2.75) is 18.2 Å². The lowest BCUT2D eigenvalue weighted by atomic mass is 10.1. The Morgan fingerprint density at radius 1 is 1.50 bits per heavy atom. The minimum absolute atomic E-state index is 1.12. The van der Waals surface area contributed by atoms with Gasteiger partial charge in [-0.3, -0.25) is 0 Å². The number of hydrogen-bond donors (Lipinski definition) is 0. The van der Waals surface area contributed by atoms with Crippen molar-refractivity contribution in [1.82, 2.24) is 0 Å². The maximum Gasteiger partial charge on any atom is 0.0357 e. The van der Waals surface area contributed by atoms with E-state index in [9.17, 15) is 0 Å². The van der Waals surface area contributed by atoms with Gasteiger partial charge in [-0.2, -0.15) is 0 Å². The van der Waals surface area contributed by atoms with Gasteiger partial charge >= 0.3 is 0 Å². The molecule has 0 atom stereocenters. The van der Waals surface area contributed by atoms with E-state index in [1.807, 2.05) is 23.1 Å². The van der Waals surface area contributed by atoms with E-state index in [0.717, 1.165) is 6.42 Å². The summed E-state index contributed by atoms with van der Waals surface area (Å²) in [4.78, 5) is 1.41. The molecule has 0 amide bonds. The van der Waals surface area contributed by atoms with Crippen LogP contribution in [-0.4, -0.2) is 6.26 Å². The van der Waals surface area contributed by atoms with Crippen molar-refractivity contribution in [3.63, 3.8) is 0 Å². The van der Waals surface area contributed by atoms with Crippen LogP contribution in [0.4, 0.5) is 0 Å². The summed E-state index contributed by atoms with van der Waals surface area (Å²) in [5.41, 5.74) is 1.51. The summed E-state index contributed by atoms with van der Waals surface area (Å²) in [7, 11) is 0. The summed E-state index contributed by atoms with van der Waals surface area (Å²) in [6, 6.07) is 4.55. The number of fused-ring (bicyclic) bond motifs is 1. The van der Waals surface area contributed by atoms with E-state index >= 15 is 0 Å². The highest BCUT2D eigenvalue weighted by Crippen LogP contribution is 2.34. The molecule has 3 heteroatoms. The summed E-state index contributed by atoms with van der Waals surface area (Å²) < 4.78 is 2.86. The van der Waals surface area contributed by atoms with E-state index in [1.54, 1.807) is 0 Å². The summed E-state index contributed by atoms with van der Waals surface area (Å²) in [6.07, 6.45) is 3.27. The van der Waals surface area contributed by atoms with E-state index in [-0.39, 0.29) is 0 Å². The predicted molar refractivity (Wildman–Crippen MR) is 75.7 cm³/mol. The molecule has 0 saturated heterocycles. The van der Waals surface area contributed by atoms with Crippen molar-refractivity contribution in [2.24, 2.45) is 0 Å². The Labute approximate surface area is 106 Å². The first-order valence-corrected chi connectivity index (χ1v) is 7.68. The normalized spacial score (nSPS) is 11.1. The van der Waals surface area contributed by atoms with E-state index in [4.69, 9.17) is 0 Å². The second-order valence-corrected chi connectivity index (χ2v) is 5.93. The minimum Gasteiger partial charge on any atom is -0.144 e. The van der Waals surface area contributed by atoms with Crippen molar-refractivity contribution in [3.8, 4) is 0 Å². The Morgan fingerprint density at radius 2 is 2.29 bits per heavy atom. The van der Waals surface area contributed by atoms with E-state index in [2.05, 4.69) is 53.3 Å². The second-order valence-electron chi connectivity index (χ2n) is 3.06. The summed E-state index contributed by atoms with van der Waals surface area (Å²) in [5, 5.41) is 3.63. The van der Waals surface area contributed by atoms with Gasteiger partial charge in [0.05, 0.1) is 0 Å². The first kappa shape index (κ1) is 10.8. The molecular formula is C11H11IS2. The van der Waals surface area contributed by atoms with Crippen molar-refractivity contribution < 1.29 is 0 Å². The number of thiophene rings is 1. The maximum absolute atomic E-state index is 2.47. The molecule has 0 radical (unpaired) electrons. The molecule has 0 nitrogen and oxygen atoms in total. The average molecular weight is 334 g/mol. The molecule has 0 N–H and O–H groups in total. The molecule has 1 aromatic heterocycles. The Morgan fingerprint density at radius 3 is 2.93 bits per heavy atom. The third-order valence-electron chi connectivity index (χ3n) is 2.34. The van der Waals surface area contributed by atoms with Gasteiger partial charge in [-0.15, -0.1) is 23.1 Å². The van der Waals surface area contributed by atoms with Gasteiger partial charge in [0.25, 0.3) is 0 Å². The SMILES string of the molecule is CCc1c(I)c(SC)cc2sccc12. The number of thioether (sulfide) groups is 1. The molecule has 0 aliphatic rings. The third-order valence-corrected chi connectivity index (χ3v) is 5.56. The molecule has 0 bridgehead atoms. The van der Waals surface area contributed by atoms with Crippen LogP contribution in [0.5, 0.6) is 0 Å². The van der Waals surface area contributed by atoms with Crippen molar-refractivity contribution in [3.05, 3.63) is 26.6 Å². The fraction of sp³-hybridized carbons (Fsp3) is 0.273. The standard InChI is InChI=1S/C11H11IS2/c1-3-7-8-4-5-14-9(8)6-10(13-2)11(7)12/h4-6H,3H2,1-2H3. The third kappa shape index (κ3) is 1.70. The maximum atomic E-state index is 2.47. The molecule has 2 aromatic rings. The van der Waals surface area contributed by atoms with Gasteiger partial charge in [0, 0.05) is 13.2 Å². The molecule has 0 saturated carbocycles. The largest absolute Gasteiger partial charge is 0.144 e. The highest BCUT2D eigenvalue weighted by molar-refractivity contribution is 14.1. The highest BCUT2D eigenvalue weighted by Gasteiger charge is 2.09.